The van der Waals surface area contributed by atoms with Crippen LogP contribution in [0.2, 0.25) is 0 Å². The van der Waals surface area contributed by atoms with Crippen molar-refractivity contribution in [1.29, 1.82) is 0 Å². The molecule has 0 saturated carbocycles. The molecular formula is C56H35N5. The fourth-order valence-electron chi connectivity index (χ4n) is 9.70. The summed E-state index contributed by atoms with van der Waals surface area (Å²) in [5, 5.41) is 0. The molecule has 284 valence electrons. The number of fused-ring (bicyclic) bond motifs is 12. The topological polar surface area (TPSA) is 64.5 Å². The van der Waals surface area contributed by atoms with Crippen molar-refractivity contribution < 1.29 is 0 Å². The van der Waals surface area contributed by atoms with Crippen molar-refractivity contribution >= 4 is 0 Å². The smallest absolute Gasteiger partial charge is 0.164 e. The monoisotopic (exact) mass is 777 g/mol. The van der Waals surface area contributed by atoms with Gasteiger partial charge in [0.2, 0.25) is 0 Å². The van der Waals surface area contributed by atoms with E-state index in [1.165, 1.54) is 50.1 Å². The molecule has 12 rings (SSSR count). The third kappa shape index (κ3) is 5.52. The quantitative estimate of drug-likeness (QED) is 0.174. The molecule has 1 spiro atoms. The maximum atomic E-state index is 5.30. The highest BCUT2D eigenvalue weighted by molar-refractivity contribution is 5.98. The highest BCUT2D eigenvalue weighted by atomic mass is 15.0. The summed E-state index contributed by atoms with van der Waals surface area (Å²) in [4.78, 5) is 24.5. The Morgan fingerprint density at radius 3 is 1.11 bits per heavy atom. The molecule has 0 aliphatic heterocycles. The van der Waals surface area contributed by atoms with Gasteiger partial charge in [-0.1, -0.05) is 158 Å². The van der Waals surface area contributed by atoms with E-state index in [9.17, 15) is 0 Å². The lowest BCUT2D eigenvalue weighted by atomic mass is 9.66. The summed E-state index contributed by atoms with van der Waals surface area (Å²) in [7, 11) is 0. The van der Waals surface area contributed by atoms with Gasteiger partial charge in [-0.3, -0.25) is 9.97 Å². The molecule has 0 atom stereocenters. The molecular weight excluding hydrogens is 743 g/mol. The van der Waals surface area contributed by atoms with Gasteiger partial charge in [0.15, 0.2) is 17.5 Å². The van der Waals surface area contributed by atoms with Crippen molar-refractivity contribution in [3.63, 3.8) is 0 Å². The number of rotatable bonds is 5. The summed E-state index contributed by atoms with van der Waals surface area (Å²) >= 11 is 0. The van der Waals surface area contributed by atoms with Crippen molar-refractivity contribution in [3.8, 4) is 89.8 Å². The zero-order valence-electron chi connectivity index (χ0n) is 32.9. The molecule has 5 nitrogen and oxygen atoms in total. The van der Waals surface area contributed by atoms with Gasteiger partial charge in [0, 0.05) is 52.6 Å². The van der Waals surface area contributed by atoms with E-state index in [2.05, 4.69) is 186 Å². The average molecular weight is 778 g/mol. The van der Waals surface area contributed by atoms with E-state index >= 15 is 0 Å². The third-order valence-corrected chi connectivity index (χ3v) is 12.3. The first kappa shape index (κ1) is 34.9. The zero-order chi connectivity index (χ0) is 40.3. The summed E-state index contributed by atoms with van der Waals surface area (Å²) in [5.41, 5.74) is 18.6. The molecule has 5 heteroatoms. The molecule has 0 bridgehead atoms. The second kappa shape index (κ2) is 14.0. The standard InChI is InChI=1S/C56H35N5/c1-2-20-44-43(19-1)45-21-3-6-24-49(45)56(50-25-7-4-22-46(50)47-23-5-8-26-51(47)56)52-28-27-40(33-48(44)52)55-60-53(38-15-9-13-36(31-38)41-17-11-29-57-34-41)59-54(61-55)39-16-10-14-37(32-39)42-18-12-30-58-35-42/h1-35H. The molecule has 2 aliphatic rings. The minimum absolute atomic E-state index is 0.564. The van der Waals surface area contributed by atoms with Crippen LogP contribution in [0.1, 0.15) is 22.3 Å². The summed E-state index contributed by atoms with van der Waals surface area (Å²) in [5.74, 6) is 1.78. The van der Waals surface area contributed by atoms with Crippen LogP contribution in [-0.4, -0.2) is 24.9 Å². The molecule has 0 amide bonds. The molecule has 3 aromatic heterocycles. The van der Waals surface area contributed by atoms with E-state index in [0.29, 0.717) is 17.5 Å². The summed E-state index contributed by atoms with van der Waals surface area (Å²) < 4.78 is 0. The molecule has 0 fully saturated rings. The molecule has 0 radical (unpaired) electrons. The Labute approximate surface area is 353 Å². The zero-order valence-corrected chi connectivity index (χ0v) is 32.9. The summed E-state index contributed by atoms with van der Waals surface area (Å²) in [6.45, 7) is 0. The molecule has 0 saturated heterocycles. The summed E-state index contributed by atoms with van der Waals surface area (Å²) in [6, 6.07) is 67.3. The van der Waals surface area contributed by atoms with Crippen LogP contribution in [0.15, 0.2) is 213 Å². The predicted octanol–water partition coefficient (Wildman–Crippen LogP) is 13.0. The first-order valence-electron chi connectivity index (χ1n) is 20.6. The molecule has 7 aromatic carbocycles. The first-order chi connectivity index (χ1) is 30.2. The van der Waals surface area contributed by atoms with Crippen LogP contribution in [0, 0.1) is 0 Å². The maximum Gasteiger partial charge on any atom is 0.164 e. The van der Waals surface area contributed by atoms with Crippen molar-refractivity contribution in [3.05, 3.63) is 235 Å². The highest BCUT2D eigenvalue weighted by Gasteiger charge is 2.49. The van der Waals surface area contributed by atoms with Crippen LogP contribution in [0.3, 0.4) is 0 Å². The Bertz CT molecular complexity index is 3170. The van der Waals surface area contributed by atoms with Gasteiger partial charge in [0.05, 0.1) is 5.41 Å². The normalized spacial score (nSPS) is 12.7. The van der Waals surface area contributed by atoms with Crippen LogP contribution in [0.25, 0.3) is 89.8 Å². The Hall–Kier alpha value is -8.15. The second-order valence-corrected chi connectivity index (χ2v) is 15.6. The summed E-state index contributed by atoms with van der Waals surface area (Å²) in [6.07, 6.45) is 7.35. The molecule has 0 N–H and O–H groups in total. The van der Waals surface area contributed by atoms with E-state index in [1.54, 1.807) is 12.4 Å². The first-order valence-corrected chi connectivity index (χ1v) is 20.6. The van der Waals surface area contributed by atoms with Crippen molar-refractivity contribution in [2.24, 2.45) is 0 Å². The second-order valence-electron chi connectivity index (χ2n) is 15.6. The number of benzene rings is 7. The van der Waals surface area contributed by atoms with Gasteiger partial charge >= 0.3 is 0 Å². The van der Waals surface area contributed by atoms with E-state index < -0.39 is 5.41 Å². The maximum absolute atomic E-state index is 5.30. The fourth-order valence-corrected chi connectivity index (χ4v) is 9.70. The lowest BCUT2D eigenvalue weighted by Crippen LogP contribution is -2.29. The number of nitrogens with zero attached hydrogens (tertiary/aromatic N) is 5. The molecule has 3 heterocycles. The molecule has 2 aliphatic carbocycles. The molecule has 0 unspecified atom stereocenters. The van der Waals surface area contributed by atoms with Gasteiger partial charge in [0.25, 0.3) is 0 Å². The van der Waals surface area contributed by atoms with Crippen LogP contribution < -0.4 is 0 Å². The highest BCUT2D eigenvalue weighted by Crippen LogP contribution is 2.61. The SMILES string of the molecule is c1cncc(-c2cccc(-c3nc(-c4cccc(-c5cccnc5)c4)nc(-c4ccc5c(c4)-c4ccccc4-c4ccccc4C54c5ccccc5-c5ccccc54)n3)c2)c1. The Morgan fingerprint density at radius 1 is 0.262 bits per heavy atom. The third-order valence-electron chi connectivity index (χ3n) is 12.3. The van der Waals surface area contributed by atoms with Gasteiger partial charge in [-0.25, -0.2) is 15.0 Å². The average Bonchev–Trinajstić information content (AvgIpc) is 3.59. The number of hydrogen-bond donors (Lipinski definition) is 0. The van der Waals surface area contributed by atoms with E-state index in [4.69, 9.17) is 15.0 Å². The van der Waals surface area contributed by atoms with Gasteiger partial charge in [0.1, 0.15) is 0 Å². The van der Waals surface area contributed by atoms with Gasteiger partial charge in [-0.05, 0) is 97.1 Å². The van der Waals surface area contributed by atoms with Crippen LogP contribution in [-0.2, 0) is 5.41 Å². The van der Waals surface area contributed by atoms with E-state index in [-0.39, 0.29) is 0 Å². The number of aromatic nitrogens is 5. The number of hydrogen-bond acceptors (Lipinski definition) is 5. The van der Waals surface area contributed by atoms with Gasteiger partial charge < -0.3 is 0 Å². The largest absolute Gasteiger partial charge is 0.264 e. The minimum atomic E-state index is -0.564. The fraction of sp³-hybridized carbons (Fsp3) is 0.0179. The number of pyridine rings is 2. The Morgan fingerprint density at radius 2 is 0.639 bits per heavy atom. The van der Waals surface area contributed by atoms with Crippen molar-refractivity contribution in [1.82, 2.24) is 24.9 Å². The van der Waals surface area contributed by atoms with E-state index in [0.717, 1.165) is 44.5 Å². The Kier molecular flexibility index (Phi) is 8.00. The van der Waals surface area contributed by atoms with E-state index in [1.807, 2.05) is 24.5 Å². The van der Waals surface area contributed by atoms with Crippen LogP contribution in [0.4, 0.5) is 0 Å². The molecule has 61 heavy (non-hydrogen) atoms. The van der Waals surface area contributed by atoms with Gasteiger partial charge in [-0.2, -0.15) is 0 Å². The van der Waals surface area contributed by atoms with Crippen LogP contribution >= 0.6 is 0 Å². The Balaban J connectivity index is 1.11. The van der Waals surface area contributed by atoms with Crippen LogP contribution in [0.5, 0.6) is 0 Å². The predicted molar refractivity (Wildman–Crippen MR) is 244 cm³/mol. The minimum Gasteiger partial charge on any atom is -0.264 e. The lowest BCUT2D eigenvalue weighted by Gasteiger charge is -2.35. The van der Waals surface area contributed by atoms with Crippen molar-refractivity contribution in [2.75, 3.05) is 0 Å². The van der Waals surface area contributed by atoms with Crippen molar-refractivity contribution in [2.45, 2.75) is 5.41 Å². The lowest BCUT2D eigenvalue weighted by molar-refractivity contribution is 0.775. The van der Waals surface area contributed by atoms with Gasteiger partial charge in [-0.15, -0.1) is 0 Å². The molecule has 10 aromatic rings.